The summed E-state index contributed by atoms with van der Waals surface area (Å²) in [5, 5.41) is 0. The van der Waals surface area contributed by atoms with Gasteiger partial charge in [-0.1, -0.05) is 0 Å². The Bertz CT molecular complexity index is 761. The topological polar surface area (TPSA) is 29.6 Å². The molecule has 2 aromatic carbocycles. The minimum absolute atomic E-state index is 0.0960. The molecule has 0 spiro atoms. The molecule has 1 aliphatic rings. The van der Waals surface area contributed by atoms with Gasteiger partial charge in [0.2, 0.25) is 0 Å². The van der Waals surface area contributed by atoms with Crippen LogP contribution in [0.15, 0.2) is 24.3 Å². The first-order valence-electron chi connectivity index (χ1n) is 7.85. The first-order chi connectivity index (χ1) is 10.8. The number of rotatable bonds is 3. The first kappa shape index (κ1) is 16.6. The zero-order valence-electron chi connectivity index (χ0n) is 14.2. The van der Waals surface area contributed by atoms with E-state index in [9.17, 15) is 4.79 Å². The van der Waals surface area contributed by atoms with E-state index in [1.165, 1.54) is 20.6 Å². The molecule has 0 N–H and O–H groups in total. The van der Waals surface area contributed by atoms with E-state index < -0.39 is 0 Å². The molecule has 0 saturated carbocycles. The van der Waals surface area contributed by atoms with Gasteiger partial charge in [0.15, 0.2) is 0 Å². The molecule has 2 aromatic rings. The molecular weight excluding hydrogens is 368 g/mol. The third-order valence-corrected chi connectivity index (χ3v) is 5.36. The van der Waals surface area contributed by atoms with Crippen molar-refractivity contribution < 1.29 is 29.3 Å². The number of ether oxygens (including phenoxy) is 1. The maximum absolute atomic E-state index is 12.9. The molecule has 0 aliphatic carbocycles. The number of hydrogen-bond acceptors (Lipinski definition) is 2. The van der Waals surface area contributed by atoms with E-state index in [4.69, 9.17) is 4.74 Å². The number of carbonyl (C=O) groups is 1. The number of Topliss-reactive ketones (excluding diaryl/α,β-unsaturated/α-hetero) is 1. The normalized spacial score (nSPS) is 19.7. The second-order valence-corrected chi connectivity index (χ2v) is 7.71. The molecule has 1 aliphatic heterocycles. The van der Waals surface area contributed by atoms with Crippen molar-refractivity contribution in [2.24, 2.45) is 0 Å². The molecule has 2 nitrogen and oxygen atoms in total. The van der Waals surface area contributed by atoms with E-state index in [0.717, 1.165) is 22.3 Å². The molecule has 1 saturated heterocycles. The summed E-state index contributed by atoms with van der Waals surface area (Å²) < 4.78 is 6.96. The van der Waals surface area contributed by atoms with Crippen LogP contribution in [0.1, 0.15) is 49.8 Å². The standard InChI is InChI=1S/C20H21O2.Mo/c1-11-7-6-8-12(2)17(11)18(21)20-19(22-20)16-9-13(3)15(5)14(4)10-16;/h7-10,19-20H,1-5H3;. The Kier molecular flexibility index (Phi) is 4.33. The SMILES string of the molecule is Cc1cc(C2OC2C(=O)c2c(C)c[c]([Mo])cc2C)cc(C)c1C. The van der Waals surface area contributed by atoms with Gasteiger partial charge in [-0.15, -0.1) is 0 Å². The zero-order valence-corrected chi connectivity index (χ0v) is 16.2. The van der Waals surface area contributed by atoms with Crippen molar-refractivity contribution >= 4 is 9.74 Å². The van der Waals surface area contributed by atoms with Gasteiger partial charge in [-0.25, -0.2) is 0 Å². The van der Waals surface area contributed by atoms with Gasteiger partial charge in [-0.2, -0.15) is 0 Å². The summed E-state index contributed by atoms with van der Waals surface area (Å²) in [7, 11) is 0. The number of aryl methyl sites for hydroxylation is 4. The third kappa shape index (κ3) is 3.07. The van der Waals surface area contributed by atoms with Crippen molar-refractivity contribution in [1.82, 2.24) is 0 Å². The van der Waals surface area contributed by atoms with Crippen molar-refractivity contribution in [2.75, 3.05) is 0 Å². The van der Waals surface area contributed by atoms with Gasteiger partial charge >= 0.3 is 149 Å². The summed E-state index contributed by atoms with van der Waals surface area (Å²) in [5.41, 5.74) is 7.84. The predicted octanol–water partition coefficient (Wildman–Crippen LogP) is 3.72. The van der Waals surface area contributed by atoms with Gasteiger partial charge < -0.3 is 0 Å². The number of hydrogen-bond donors (Lipinski definition) is 0. The third-order valence-electron chi connectivity index (χ3n) is 4.78. The van der Waals surface area contributed by atoms with Crippen molar-refractivity contribution in [1.29, 1.82) is 0 Å². The van der Waals surface area contributed by atoms with Gasteiger partial charge in [-0.05, 0) is 0 Å². The number of benzene rings is 2. The molecule has 119 valence electrons. The Morgan fingerprint density at radius 1 is 0.913 bits per heavy atom. The number of epoxide rings is 1. The molecule has 2 atom stereocenters. The van der Waals surface area contributed by atoms with Crippen LogP contribution in [-0.2, 0) is 24.6 Å². The Morgan fingerprint density at radius 3 is 1.96 bits per heavy atom. The average Bonchev–Trinajstić information content (AvgIpc) is 3.23. The Hall–Kier alpha value is -1.24. The molecule has 3 rings (SSSR count). The van der Waals surface area contributed by atoms with Crippen molar-refractivity contribution in [2.45, 2.75) is 46.8 Å². The maximum atomic E-state index is 12.9. The molecular formula is C20H21MoO2. The van der Waals surface area contributed by atoms with Crippen LogP contribution in [0.25, 0.3) is 0 Å². The Morgan fingerprint density at radius 2 is 1.43 bits per heavy atom. The fraction of sp³-hybridized carbons (Fsp3) is 0.350. The molecule has 0 bridgehead atoms. The summed E-state index contributed by atoms with van der Waals surface area (Å²) in [5.74, 6) is 0.113. The van der Waals surface area contributed by atoms with Crippen LogP contribution in [-0.4, -0.2) is 11.9 Å². The van der Waals surface area contributed by atoms with Crippen LogP contribution >= 0.6 is 0 Å². The van der Waals surface area contributed by atoms with Gasteiger partial charge in [0, 0.05) is 0 Å². The van der Waals surface area contributed by atoms with E-state index in [-0.39, 0.29) is 18.0 Å². The quantitative estimate of drug-likeness (QED) is 0.455. The molecule has 3 heteroatoms. The molecule has 0 radical (unpaired) electrons. The average molecular weight is 389 g/mol. The molecule has 0 aromatic heterocycles. The summed E-state index contributed by atoms with van der Waals surface area (Å²) in [6.07, 6.45) is -0.432. The first-order valence-corrected chi connectivity index (χ1v) is 8.85. The predicted molar refractivity (Wildman–Crippen MR) is 88.1 cm³/mol. The van der Waals surface area contributed by atoms with Crippen molar-refractivity contribution in [3.8, 4) is 0 Å². The monoisotopic (exact) mass is 391 g/mol. The van der Waals surface area contributed by atoms with Crippen molar-refractivity contribution in [3.63, 3.8) is 0 Å². The Balaban J connectivity index is 1.88. The summed E-state index contributed by atoms with van der Waals surface area (Å²) in [4.78, 5) is 12.9. The Labute approximate surface area is 149 Å². The van der Waals surface area contributed by atoms with Crippen LogP contribution in [0.3, 0.4) is 0 Å². The number of ketones is 1. The van der Waals surface area contributed by atoms with Gasteiger partial charge in [-0.3, -0.25) is 0 Å². The van der Waals surface area contributed by atoms with Gasteiger partial charge in [0.1, 0.15) is 0 Å². The van der Waals surface area contributed by atoms with Crippen LogP contribution in [0.2, 0.25) is 0 Å². The summed E-state index contributed by atoms with van der Waals surface area (Å²) in [6.45, 7) is 10.4. The minimum atomic E-state index is -0.336. The molecule has 23 heavy (non-hydrogen) atoms. The van der Waals surface area contributed by atoms with E-state index in [1.54, 1.807) is 0 Å². The van der Waals surface area contributed by atoms with Gasteiger partial charge in [0.05, 0.1) is 0 Å². The van der Waals surface area contributed by atoms with E-state index in [0.29, 0.717) is 0 Å². The zero-order chi connectivity index (χ0) is 16.9. The summed E-state index contributed by atoms with van der Waals surface area (Å²) in [6, 6.07) is 8.44. The van der Waals surface area contributed by atoms with E-state index in [1.807, 2.05) is 33.7 Å². The molecule has 1 fully saturated rings. The van der Waals surface area contributed by atoms with Crippen LogP contribution in [0, 0.1) is 34.6 Å². The second kappa shape index (κ2) is 6.00. The second-order valence-electron chi connectivity index (χ2n) is 6.55. The fourth-order valence-corrected chi connectivity index (χ4v) is 4.12. The van der Waals surface area contributed by atoms with Gasteiger partial charge in [0.25, 0.3) is 0 Å². The van der Waals surface area contributed by atoms with E-state index in [2.05, 4.69) is 45.0 Å². The fourth-order valence-electron chi connectivity index (χ4n) is 3.25. The van der Waals surface area contributed by atoms with Crippen LogP contribution in [0.4, 0.5) is 0 Å². The van der Waals surface area contributed by atoms with Crippen LogP contribution in [0.5, 0.6) is 0 Å². The number of carbonyl (C=O) groups excluding carboxylic acids is 1. The van der Waals surface area contributed by atoms with E-state index >= 15 is 0 Å². The summed E-state index contributed by atoms with van der Waals surface area (Å²) >= 11 is 1.98. The molecule has 2 unspecified atom stereocenters. The van der Waals surface area contributed by atoms with Crippen molar-refractivity contribution in [3.05, 3.63) is 63.2 Å². The van der Waals surface area contributed by atoms with Crippen LogP contribution < -0.4 is 3.95 Å². The molecule has 1 heterocycles. The molecule has 0 amide bonds.